The molecule has 3 aromatic rings. The van der Waals surface area contributed by atoms with Crippen molar-refractivity contribution < 1.29 is 22.7 Å². The summed E-state index contributed by atoms with van der Waals surface area (Å²) < 4.78 is 39.3. The number of sulfonamides is 1. The third-order valence-electron chi connectivity index (χ3n) is 5.20. The molecule has 0 bridgehead atoms. The van der Waals surface area contributed by atoms with Crippen molar-refractivity contribution in [1.82, 2.24) is 0 Å². The Morgan fingerprint density at radius 1 is 0.909 bits per heavy atom. The second-order valence-electron chi connectivity index (χ2n) is 7.84. The Balaban J connectivity index is 1.50. The second kappa shape index (κ2) is 8.99. The smallest absolute Gasteiger partial charge is 0.262 e. The fraction of sp³-hybridized carbons (Fsp3) is 0.160. The van der Waals surface area contributed by atoms with Crippen LogP contribution in [0.4, 0.5) is 11.4 Å². The van der Waals surface area contributed by atoms with E-state index in [0.717, 1.165) is 16.7 Å². The fourth-order valence-corrected chi connectivity index (χ4v) is 4.87. The molecule has 0 atom stereocenters. The summed E-state index contributed by atoms with van der Waals surface area (Å²) in [4.78, 5) is 12.5. The molecule has 7 nitrogen and oxygen atoms in total. The van der Waals surface area contributed by atoms with Crippen molar-refractivity contribution in [3.63, 3.8) is 0 Å². The third kappa shape index (κ3) is 5.18. The normalized spacial score (nSPS) is 12.7. The van der Waals surface area contributed by atoms with Crippen LogP contribution in [0.15, 0.2) is 65.6 Å². The van der Waals surface area contributed by atoms with Gasteiger partial charge in [0.05, 0.1) is 10.6 Å². The number of rotatable bonds is 6. The molecule has 1 amide bonds. The molecule has 0 unspecified atom stereocenters. The van der Waals surface area contributed by atoms with Crippen LogP contribution >= 0.6 is 0 Å². The van der Waals surface area contributed by atoms with Crippen LogP contribution in [0.1, 0.15) is 22.3 Å². The van der Waals surface area contributed by atoms with Gasteiger partial charge in [0.1, 0.15) is 0 Å². The number of anilines is 2. The van der Waals surface area contributed by atoms with Gasteiger partial charge in [0.15, 0.2) is 11.5 Å². The Kier molecular flexibility index (Phi) is 6.11. The molecule has 0 saturated carbocycles. The van der Waals surface area contributed by atoms with Crippen molar-refractivity contribution in [3.05, 3.63) is 82.9 Å². The molecule has 1 aliphatic heterocycles. The van der Waals surface area contributed by atoms with Crippen LogP contribution in [0.2, 0.25) is 0 Å². The fourth-order valence-electron chi connectivity index (χ4n) is 3.47. The number of nitrogens with one attached hydrogen (secondary N) is 2. The summed E-state index contributed by atoms with van der Waals surface area (Å²) in [6.45, 7) is 5.69. The average molecular weight is 465 g/mol. The highest BCUT2D eigenvalue weighted by Crippen LogP contribution is 2.32. The van der Waals surface area contributed by atoms with Gasteiger partial charge in [0.25, 0.3) is 10.0 Å². The minimum Gasteiger partial charge on any atom is -0.454 e. The maximum absolute atomic E-state index is 13.0. The lowest BCUT2D eigenvalue weighted by molar-refractivity contribution is -0.111. The van der Waals surface area contributed by atoms with Crippen molar-refractivity contribution >= 4 is 33.4 Å². The van der Waals surface area contributed by atoms with Crippen molar-refractivity contribution in [2.75, 3.05) is 16.8 Å². The molecule has 2 N–H and O–H groups in total. The topological polar surface area (TPSA) is 93.7 Å². The van der Waals surface area contributed by atoms with Crippen molar-refractivity contribution in [2.24, 2.45) is 0 Å². The average Bonchev–Trinajstić information content (AvgIpc) is 3.23. The quantitative estimate of drug-likeness (QED) is 0.512. The first kappa shape index (κ1) is 22.4. The van der Waals surface area contributed by atoms with E-state index in [-0.39, 0.29) is 17.6 Å². The molecule has 8 heteroatoms. The number of carbonyl (C=O) groups excluding carboxylic acids is 1. The van der Waals surface area contributed by atoms with Crippen LogP contribution in [0.5, 0.6) is 11.5 Å². The van der Waals surface area contributed by atoms with E-state index < -0.39 is 10.0 Å². The van der Waals surface area contributed by atoms with E-state index in [1.165, 1.54) is 12.1 Å². The van der Waals surface area contributed by atoms with Gasteiger partial charge in [-0.1, -0.05) is 29.8 Å². The number of hydrogen-bond acceptors (Lipinski definition) is 5. The van der Waals surface area contributed by atoms with Gasteiger partial charge >= 0.3 is 0 Å². The van der Waals surface area contributed by atoms with Gasteiger partial charge < -0.3 is 14.8 Å². The molecule has 3 aromatic carbocycles. The molecule has 1 heterocycles. The molecule has 170 valence electrons. The van der Waals surface area contributed by atoms with Gasteiger partial charge in [0, 0.05) is 11.8 Å². The summed E-state index contributed by atoms with van der Waals surface area (Å²) in [6.07, 6.45) is 3.02. The zero-order chi connectivity index (χ0) is 23.6. The standard InChI is InChI=1S/C25H24N2O5S/c1-16-4-9-21(18(3)12-16)27-33(29,30)24-14-20(8-5-17(24)2)26-25(28)11-7-19-6-10-22-23(13-19)32-15-31-22/h4-14,27H,15H2,1-3H3,(H,26,28)/b11-7+. The molecular formula is C25H24N2O5S. The van der Waals surface area contributed by atoms with Gasteiger partial charge in [-0.05, 0) is 73.9 Å². The van der Waals surface area contributed by atoms with Crippen molar-refractivity contribution in [1.29, 1.82) is 0 Å². The molecule has 0 spiro atoms. The first-order chi connectivity index (χ1) is 15.7. The number of ether oxygens (including phenoxy) is 2. The molecule has 33 heavy (non-hydrogen) atoms. The van der Waals surface area contributed by atoms with Crippen LogP contribution in [0.3, 0.4) is 0 Å². The SMILES string of the molecule is Cc1ccc(NS(=O)(=O)c2cc(NC(=O)/C=C/c3ccc4c(c3)OCO4)ccc2C)c(C)c1. The van der Waals surface area contributed by atoms with E-state index in [4.69, 9.17) is 9.47 Å². The largest absolute Gasteiger partial charge is 0.454 e. The lowest BCUT2D eigenvalue weighted by Crippen LogP contribution is -2.16. The molecule has 1 aliphatic rings. The maximum Gasteiger partial charge on any atom is 0.262 e. The number of carbonyl (C=O) groups is 1. The van der Waals surface area contributed by atoms with E-state index in [0.29, 0.717) is 28.4 Å². The Morgan fingerprint density at radius 3 is 2.48 bits per heavy atom. The monoisotopic (exact) mass is 464 g/mol. The number of aryl methyl sites for hydroxylation is 3. The minimum atomic E-state index is -3.84. The number of benzene rings is 3. The Labute approximate surface area is 193 Å². The molecular weight excluding hydrogens is 440 g/mol. The minimum absolute atomic E-state index is 0.0972. The summed E-state index contributed by atoms with van der Waals surface area (Å²) in [5.74, 6) is 0.906. The first-order valence-electron chi connectivity index (χ1n) is 10.3. The lowest BCUT2D eigenvalue weighted by atomic mass is 10.1. The summed E-state index contributed by atoms with van der Waals surface area (Å²) >= 11 is 0. The van der Waals surface area contributed by atoms with Crippen molar-refractivity contribution in [2.45, 2.75) is 25.7 Å². The zero-order valence-corrected chi connectivity index (χ0v) is 19.3. The van der Waals surface area contributed by atoms with Crippen LogP contribution in [0, 0.1) is 20.8 Å². The summed E-state index contributed by atoms with van der Waals surface area (Å²) in [5.41, 5.74) is 4.11. The summed E-state index contributed by atoms with van der Waals surface area (Å²) in [7, 11) is -3.84. The first-order valence-corrected chi connectivity index (χ1v) is 11.8. The van der Waals surface area contributed by atoms with E-state index in [1.807, 2.05) is 32.0 Å². The lowest BCUT2D eigenvalue weighted by Gasteiger charge is -2.14. The van der Waals surface area contributed by atoms with Crippen LogP contribution in [0.25, 0.3) is 6.08 Å². The van der Waals surface area contributed by atoms with Crippen LogP contribution in [-0.2, 0) is 14.8 Å². The van der Waals surface area contributed by atoms with Gasteiger partial charge in [0.2, 0.25) is 12.7 Å². The Bertz CT molecular complexity index is 1360. The van der Waals surface area contributed by atoms with E-state index in [9.17, 15) is 13.2 Å². The van der Waals surface area contributed by atoms with Gasteiger partial charge in [-0.3, -0.25) is 9.52 Å². The predicted octanol–water partition coefficient (Wildman–Crippen LogP) is 4.79. The van der Waals surface area contributed by atoms with Gasteiger partial charge in [-0.25, -0.2) is 8.42 Å². The van der Waals surface area contributed by atoms with E-state index in [1.54, 1.807) is 43.3 Å². The van der Waals surface area contributed by atoms with Gasteiger partial charge in [-0.2, -0.15) is 0 Å². The predicted molar refractivity (Wildman–Crippen MR) is 128 cm³/mol. The molecule has 0 radical (unpaired) electrons. The summed E-state index contributed by atoms with van der Waals surface area (Å²) in [5, 5.41) is 2.71. The molecule has 0 fully saturated rings. The van der Waals surface area contributed by atoms with Crippen LogP contribution in [-0.4, -0.2) is 21.1 Å². The Morgan fingerprint density at radius 2 is 1.70 bits per heavy atom. The highest BCUT2D eigenvalue weighted by molar-refractivity contribution is 7.92. The molecule has 0 aliphatic carbocycles. The molecule has 0 aromatic heterocycles. The van der Waals surface area contributed by atoms with Crippen LogP contribution < -0.4 is 19.5 Å². The number of amides is 1. The van der Waals surface area contributed by atoms with E-state index in [2.05, 4.69) is 10.0 Å². The van der Waals surface area contributed by atoms with Gasteiger partial charge in [-0.15, -0.1) is 0 Å². The Hall–Kier alpha value is -3.78. The van der Waals surface area contributed by atoms with E-state index >= 15 is 0 Å². The second-order valence-corrected chi connectivity index (χ2v) is 9.49. The number of fused-ring (bicyclic) bond motifs is 1. The zero-order valence-electron chi connectivity index (χ0n) is 18.5. The highest BCUT2D eigenvalue weighted by atomic mass is 32.2. The third-order valence-corrected chi connectivity index (χ3v) is 6.70. The number of hydrogen-bond donors (Lipinski definition) is 2. The maximum atomic E-state index is 13.0. The van der Waals surface area contributed by atoms with Crippen molar-refractivity contribution in [3.8, 4) is 11.5 Å². The summed E-state index contributed by atoms with van der Waals surface area (Å²) in [6, 6.07) is 15.6. The molecule has 0 saturated heterocycles. The molecule has 4 rings (SSSR count). The highest BCUT2D eigenvalue weighted by Gasteiger charge is 2.19.